The van der Waals surface area contributed by atoms with Crippen molar-refractivity contribution in [2.75, 3.05) is 6.61 Å². The van der Waals surface area contributed by atoms with E-state index in [4.69, 9.17) is 5.73 Å². The summed E-state index contributed by atoms with van der Waals surface area (Å²) in [5, 5.41) is 0. The third-order valence-corrected chi connectivity index (χ3v) is 2.52. The number of rotatable bonds is 7. The molecule has 0 spiro atoms. The number of alkyl halides is 3. The van der Waals surface area contributed by atoms with Crippen LogP contribution in [-0.2, 0) is 9.53 Å². The van der Waals surface area contributed by atoms with Crippen LogP contribution in [0.4, 0.5) is 13.2 Å². The first-order valence-electron chi connectivity index (χ1n) is 5.83. The molecule has 0 aliphatic carbocycles. The quantitative estimate of drug-likeness (QED) is 0.562. The van der Waals surface area contributed by atoms with E-state index in [1.165, 1.54) is 0 Å². The monoisotopic (exact) mass is 255 g/mol. The molecule has 0 aliphatic heterocycles. The fraction of sp³-hybridized carbons (Fsp3) is 0.909. The highest BCUT2D eigenvalue weighted by Crippen LogP contribution is 2.28. The molecule has 0 radical (unpaired) electrons. The van der Waals surface area contributed by atoms with E-state index in [9.17, 15) is 18.0 Å². The van der Waals surface area contributed by atoms with E-state index in [1.807, 2.05) is 6.92 Å². The van der Waals surface area contributed by atoms with Gasteiger partial charge in [0, 0.05) is 0 Å². The van der Waals surface area contributed by atoms with Crippen molar-refractivity contribution in [3.05, 3.63) is 0 Å². The molecule has 3 nitrogen and oxygen atoms in total. The predicted octanol–water partition coefficient (Wildman–Crippen LogP) is 2.64. The van der Waals surface area contributed by atoms with Crippen molar-refractivity contribution >= 4 is 5.97 Å². The van der Waals surface area contributed by atoms with Crippen molar-refractivity contribution in [2.24, 2.45) is 11.7 Å². The molecule has 0 aromatic carbocycles. The number of carbonyl (C=O) groups excluding carboxylic acids is 1. The van der Waals surface area contributed by atoms with E-state index in [1.54, 1.807) is 6.92 Å². The zero-order valence-electron chi connectivity index (χ0n) is 10.2. The summed E-state index contributed by atoms with van der Waals surface area (Å²) in [6.07, 6.45) is -2.25. The topological polar surface area (TPSA) is 52.3 Å². The Morgan fingerprint density at radius 2 is 1.88 bits per heavy atom. The van der Waals surface area contributed by atoms with Crippen molar-refractivity contribution in [1.82, 2.24) is 0 Å². The van der Waals surface area contributed by atoms with Crippen molar-refractivity contribution in [2.45, 2.75) is 51.7 Å². The van der Waals surface area contributed by atoms with Gasteiger partial charge in [0.1, 0.15) is 6.04 Å². The van der Waals surface area contributed by atoms with Crippen LogP contribution in [0, 0.1) is 5.92 Å². The van der Waals surface area contributed by atoms with Crippen molar-refractivity contribution in [3.63, 3.8) is 0 Å². The van der Waals surface area contributed by atoms with Crippen LogP contribution >= 0.6 is 0 Å². The number of carbonyl (C=O) groups is 1. The van der Waals surface area contributed by atoms with Crippen LogP contribution in [-0.4, -0.2) is 24.8 Å². The number of hydrogen-bond acceptors (Lipinski definition) is 3. The van der Waals surface area contributed by atoms with E-state index in [0.717, 1.165) is 12.8 Å². The van der Waals surface area contributed by atoms with Gasteiger partial charge >= 0.3 is 12.1 Å². The van der Waals surface area contributed by atoms with Gasteiger partial charge in [0.05, 0.1) is 12.5 Å². The van der Waals surface area contributed by atoms with Gasteiger partial charge in [-0.3, -0.25) is 4.79 Å². The highest BCUT2D eigenvalue weighted by Gasteiger charge is 2.45. The molecule has 0 amide bonds. The Balaban J connectivity index is 4.54. The van der Waals surface area contributed by atoms with Gasteiger partial charge < -0.3 is 10.5 Å². The van der Waals surface area contributed by atoms with Gasteiger partial charge in [0.25, 0.3) is 0 Å². The zero-order chi connectivity index (χ0) is 13.5. The molecular formula is C11H20F3NO2. The second-order valence-electron chi connectivity index (χ2n) is 3.92. The minimum Gasteiger partial charge on any atom is -0.466 e. The first kappa shape index (κ1) is 16.2. The molecular weight excluding hydrogens is 235 g/mol. The Labute approximate surface area is 99.5 Å². The van der Waals surface area contributed by atoms with Crippen LogP contribution in [0.5, 0.6) is 0 Å². The molecule has 0 aromatic rings. The third-order valence-electron chi connectivity index (χ3n) is 2.52. The molecule has 0 heterocycles. The van der Waals surface area contributed by atoms with Crippen LogP contribution in [0.15, 0.2) is 0 Å². The van der Waals surface area contributed by atoms with E-state index in [2.05, 4.69) is 4.74 Å². The number of halogens is 3. The standard InChI is InChI=1S/C11H20F3NO2/c1-3-5-6-7-8(10(16)17-4-2)9(15)11(12,13)14/h8-9H,3-7,15H2,1-2H3/t8-,9-/m1/s1. The number of hydrogen-bond donors (Lipinski definition) is 1. The first-order valence-corrected chi connectivity index (χ1v) is 5.83. The van der Waals surface area contributed by atoms with Gasteiger partial charge in [0.15, 0.2) is 0 Å². The largest absolute Gasteiger partial charge is 0.466 e. The van der Waals surface area contributed by atoms with Crippen LogP contribution < -0.4 is 5.73 Å². The average Bonchev–Trinajstić information content (AvgIpc) is 2.22. The molecule has 6 heteroatoms. The Bertz CT molecular complexity index is 231. The Morgan fingerprint density at radius 1 is 1.29 bits per heavy atom. The lowest BCUT2D eigenvalue weighted by Gasteiger charge is -2.24. The van der Waals surface area contributed by atoms with Gasteiger partial charge in [0.2, 0.25) is 0 Å². The van der Waals surface area contributed by atoms with E-state index in [0.29, 0.717) is 6.42 Å². The highest BCUT2D eigenvalue weighted by molar-refractivity contribution is 5.73. The minimum atomic E-state index is -4.57. The fourth-order valence-corrected chi connectivity index (χ4v) is 1.54. The molecule has 0 saturated carbocycles. The summed E-state index contributed by atoms with van der Waals surface area (Å²) < 4.78 is 42.1. The van der Waals surface area contributed by atoms with Gasteiger partial charge in [-0.1, -0.05) is 26.2 Å². The summed E-state index contributed by atoms with van der Waals surface area (Å²) in [5.74, 6) is -2.14. The maximum Gasteiger partial charge on any atom is 0.404 e. The number of ether oxygens (including phenoxy) is 1. The summed E-state index contributed by atoms with van der Waals surface area (Å²) >= 11 is 0. The maximum atomic E-state index is 12.5. The van der Waals surface area contributed by atoms with Gasteiger partial charge in [-0.15, -0.1) is 0 Å². The van der Waals surface area contributed by atoms with Crippen LogP contribution in [0.25, 0.3) is 0 Å². The molecule has 0 saturated heterocycles. The Hall–Kier alpha value is -0.780. The molecule has 0 aliphatic rings. The summed E-state index contributed by atoms with van der Waals surface area (Å²) in [7, 11) is 0. The average molecular weight is 255 g/mol. The molecule has 102 valence electrons. The van der Waals surface area contributed by atoms with Crippen molar-refractivity contribution in [3.8, 4) is 0 Å². The fourth-order valence-electron chi connectivity index (χ4n) is 1.54. The summed E-state index contributed by atoms with van der Waals surface area (Å²) in [4.78, 5) is 11.4. The third kappa shape index (κ3) is 5.91. The SMILES string of the molecule is CCCCC[C@@H](C(=O)OCC)[C@@H](N)C(F)(F)F. The summed E-state index contributed by atoms with van der Waals surface area (Å²) in [6, 6.07) is -2.14. The van der Waals surface area contributed by atoms with Crippen LogP contribution in [0.2, 0.25) is 0 Å². The van der Waals surface area contributed by atoms with Gasteiger partial charge in [-0.25, -0.2) is 0 Å². The van der Waals surface area contributed by atoms with E-state index >= 15 is 0 Å². The highest BCUT2D eigenvalue weighted by atomic mass is 19.4. The lowest BCUT2D eigenvalue weighted by molar-refractivity contribution is -0.176. The number of unbranched alkanes of at least 4 members (excludes halogenated alkanes) is 2. The Morgan fingerprint density at radius 3 is 2.29 bits per heavy atom. The molecule has 2 N–H and O–H groups in total. The number of esters is 1. The first-order chi connectivity index (χ1) is 7.84. The summed E-state index contributed by atoms with van der Waals surface area (Å²) in [5.41, 5.74) is 5.08. The molecule has 0 bridgehead atoms. The zero-order valence-corrected chi connectivity index (χ0v) is 10.2. The summed E-state index contributed by atoms with van der Waals surface area (Å²) in [6.45, 7) is 3.55. The van der Waals surface area contributed by atoms with E-state index < -0.39 is 24.1 Å². The normalized spacial score (nSPS) is 15.4. The second kappa shape index (κ2) is 7.53. The molecule has 0 unspecified atom stereocenters. The lowest BCUT2D eigenvalue weighted by Crippen LogP contribution is -2.47. The molecule has 0 fully saturated rings. The number of nitrogens with two attached hydrogens (primary N) is 1. The molecule has 0 rings (SSSR count). The van der Waals surface area contributed by atoms with Crippen molar-refractivity contribution in [1.29, 1.82) is 0 Å². The van der Waals surface area contributed by atoms with E-state index in [-0.39, 0.29) is 13.0 Å². The maximum absolute atomic E-state index is 12.5. The second-order valence-corrected chi connectivity index (χ2v) is 3.92. The molecule has 17 heavy (non-hydrogen) atoms. The minimum absolute atomic E-state index is 0.0632. The Kier molecular flexibility index (Phi) is 7.18. The van der Waals surface area contributed by atoms with Crippen molar-refractivity contribution < 1.29 is 22.7 Å². The lowest BCUT2D eigenvalue weighted by atomic mass is 9.93. The van der Waals surface area contributed by atoms with Crippen LogP contribution in [0.3, 0.4) is 0 Å². The smallest absolute Gasteiger partial charge is 0.404 e. The van der Waals surface area contributed by atoms with Gasteiger partial charge in [-0.2, -0.15) is 13.2 Å². The predicted molar refractivity (Wildman–Crippen MR) is 58.3 cm³/mol. The molecule has 2 atom stereocenters. The van der Waals surface area contributed by atoms with Crippen LogP contribution in [0.1, 0.15) is 39.5 Å². The molecule has 0 aromatic heterocycles. The van der Waals surface area contributed by atoms with Gasteiger partial charge in [-0.05, 0) is 13.3 Å².